The highest BCUT2D eigenvalue weighted by atomic mass is 19.4. The van der Waals surface area contributed by atoms with Crippen LogP contribution in [0.15, 0.2) is 53.3 Å². The van der Waals surface area contributed by atoms with E-state index < -0.39 is 11.7 Å². The van der Waals surface area contributed by atoms with Crippen LogP contribution in [0.5, 0.6) is 0 Å². The lowest BCUT2D eigenvalue weighted by atomic mass is 9.95. The smallest absolute Gasteiger partial charge is 0.353 e. The zero-order valence-corrected chi connectivity index (χ0v) is 18.4. The van der Waals surface area contributed by atoms with Gasteiger partial charge in [-0.2, -0.15) is 18.3 Å². The standard InChI is InChI=1S/C25H18F3N5O/c1-14-15(2)20(10-9-19-13-29-21-8-5-11-30-33(19)21)23-22(16(14)3)24(32-34-23)31-18-7-4-6-17(12-18)25(26,27)28/h4-8,11-13H,1-3H3,(H,31,32). The average Bonchev–Trinajstić information content (AvgIpc) is 3.42. The van der Waals surface area contributed by atoms with Gasteiger partial charge in [0.15, 0.2) is 17.0 Å². The molecule has 0 radical (unpaired) electrons. The molecule has 0 bridgehead atoms. The average molecular weight is 461 g/mol. The molecule has 2 aromatic carbocycles. The molecule has 0 aliphatic carbocycles. The molecule has 0 unspecified atom stereocenters. The van der Waals surface area contributed by atoms with Crippen LogP contribution in [0, 0.1) is 32.6 Å². The van der Waals surface area contributed by atoms with Gasteiger partial charge in [-0.3, -0.25) is 0 Å². The van der Waals surface area contributed by atoms with E-state index in [0.29, 0.717) is 33.7 Å². The molecule has 0 spiro atoms. The van der Waals surface area contributed by atoms with Gasteiger partial charge in [0.1, 0.15) is 5.69 Å². The van der Waals surface area contributed by atoms with Gasteiger partial charge < -0.3 is 9.84 Å². The Morgan fingerprint density at radius 2 is 1.82 bits per heavy atom. The Balaban J connectivity index is 1.61. The number of hydrogen-bond acceptors (Lipinski definition) is 5. The van der Waals surface area contributed by atoms with Crippen molar-refractivity contribution in [1.82, 2.24) is 19.8 Å². The van der Waals surface area contributed by atoms with E-state index in [1.165, 1.54) is 6.07 Å². The Kier molecular flexibility index (Phi) is 5.01. The van der Waals surface area contributed by atoms with Crippen molar-refractivity contribution < 1.29 is 17.7 Å². The Hall–Kier alpha value is -4.32. The molecule has 0 saturated heterocycles. The predicted octanol–water partition coefficient (Wildman–Crippen LogP) is 5.96. The van der Waals surface area contributed by atoms with Gasteiger partial charge in [-0.1, -0.05) is 17.1 Å². The molecule has 0 atom stereocenters. The number of aromatic nitrogens is 4. The van der Waals surface area contributed by atoms with Crippen molar-refractivity contribution in [3.05, 3.63) is 82.3 Å². The van der Waals surface area contributed by atoms with E-state index in [-0.39, 0.29) is 5.69 Å². The summed E-state index contributed by atoms with van der Waals surface area (Å²) in [6.45, 7) is 5.83. The number of anilines is 2. The minimum absolute atomic E-state index is 0.257. The lowest BCUT2D eigenvalue weighted by molar-refractivity contribution is -0.137. The second-order valence-electron chi connectivity index (χ2n) is 7.88. The van der Waals surface area contributed by atoms with E-state index >= 15 is 0 Å². The van der Waals surface area contributed by atoms with Gasteiger partial charge in [0, 0.05) is 11.9 Å². The van der Waals surface area contributed by atoms with Gasteiger partial charge in [0.05, 0.1) is 22.7 Å². The first-order valence-electron chi connectivity index (χ1n) is 10.4. The van der Waals surface area contributed by atoms with E-state index in [1.807, 2.05) is 26.8 Å². The molecule has 1 N–H and O–H groups in total. The Morgan fingerprint density at radius 1 is 1.00 bits per heavy atom. The fraction of sp³-hybridized carbons (Fsp3) is 0.160. The quantitative estimate of drug-likeness (QED) is 0.329. The summed E-state index contributed by atoms with van der Waals surface area (Å²) < 4.78 is 46.7. The minimum Gasteiger partial charge on any atom is -0.353 e. The van der Waals surface area contributed by atoms with Gasteiger partial charge in [0.25, 0.3) is 0 Å². The lowest BCUT2D eigenvalue weighted by Crippen LogP contribution is -2.05. The molecule has 0 saturated carbocycles. The van der Waals surface area contributed by atoms with E-state index in [4.69, 9.17) is 4.52 Å². The van der Waals surface area contributed by atoms with Crippen molar-refractivity contribution >= 4 is 28.1 Å². The SMILES string of the molecule is Cc1c(C)c(C)c2c(Nc3cccc(C(F)(F)F)c3)noc2c1C#Cc1cnc2cccnn12. The summed E-state index contributed by atoms with van der Waals surface area (Å²) in [4.78, 5) is 4.29. The first kappa shape index (κ1) is 21.5. The molecule has 170 valence electrons. The van der Waals surface area contributed by atoms with Crippen LogP contribution in [0.25, 0.3) is 16.6 Å². The maximum atomic E-state index is 13.1. The van der Waals surface area contributed by atoms with E-state index in [1.54, 1.807) is 29.0 Å². The summed E-state index contributed by atoms with van der Waals surface area (Å²) in [5.74, 6) is 6.59. The van der Waals surface area contributed by atoms with E-state index in [0.717, 1.165) is 28.8 Å². The van der Waals surface area contributed by atoms with Crippen LogP contribution in [-0.4, -0.2) is 19.8 Å². The molecule has 6 nitrogen and oxygen atoms in total. The summed E-state index contributed by atoms with van der Waals surface area (Å²) in [5, 5.41) is 12.0. The van der Waals surface area contributed by atoms with Crippen molar-refractivity contribution in [2.45, 2.75) is 26.9 Å². The zero-order valence-electron chi connectivity index (χ0n) is 18.4. The maximum Gasteiger partial charge on any atom is 0.416 e. The fourth-order valence-electron chi connectivity index (χ4n) is 3.82. The molecule has 3 aromatic heterocycles. The summed E-state index contributed by atoms with van der Waals surface area (Å²) in [6.07, 6.45) is -1.14. The minimum atomic E-state index is -4.44. The summed E-state index contributed by atoms with van der Waals surface area (Å²) in [6, 6.07) is 8.58. The van der Waals surface area contributed by atoms with Gasteiger partial charge in [0.2, 0.25) is 0 Å². The third kappa shape index (κ3) is 3.63. The van der Waals surface area contributed by atoms with Gasteiger partial charge in [-0.25, -0.2) is 9.50 Å². The predicted molar refractivity (Wildman–Crippen MR) is 122 cm³/mol. The van der Waals surface area contributed by atoms with Gasteiger partial charge in [-0.05, 0) is 73.7 Å². The number of imidazole rings is 1. The van der Waals surface area contributed by atoms with E-state index in [9.17, 15) is 13.2 Å². The van der Waals surface area contributed by atoms with Crippen molar-refractivity contribution in [3.8, 4) is 11.8 Å². The van der Waals surface area contributed by atoms with Crippen LogP contribution >= 0.6 is 0 Å². The first-order valence-corrected chi connectivity index (χ1v) is 10.4. The molecule has 0 amide bonds. The number of nitrogens with one attached hydrogen (secondary N) is 1. The number of fused-ring (bicyclic) bond motifs is 2. The highest BCUT2D eigenvalue weighted by molar-refractivity contribution is 5.97. The Labute approximate surface area is 192 Å². The van der Waals surface area contributed by atoms with E-state index in [2.05, 4.69) is 32.4 Å². The molecular weight excluding hydrogens is 443 g/mol. The molecular formula is C25H18F3N5O. The fourth-order valence-corrected chi connectivity index (χ4v) is 3.82. The first-order chi connectivity index (χ1) is 16.2. The summed E-state index contributed by atoms with van der Waals surface area (Å²) in [5.41, 5.74) is 4.74. The summed E-state index contributed by atoms with van der Waals surface area (Å²) >= 11 is 0. The number of rotatable bonds is 2. The molecule has 5 aromatic rings. The van der Waals surface area contributed by atoms with Crippen molar-refractivity contribution in [2.75, 3.05) is 5.32 Å². The molecule has 9 heteroatoms. The normalized spacial score (nSPS) is 11.6. The highest BCUT2D eigenvalue weighted by Gasteiger charge is 2.30. The molecule has 0 fully saturated rings. The molecule has 34 heavy (non-hydrogen) atoms. The maximum absolute atomic E-state index is 13.1. The van der Waals surface area contributed by atoms with Crippen molar-refractivity contribution in [2.24, 2.45) is 0 Å². The molecule has 0 aliphatic rings. The molecule has 0 aliphatic heterocycles. The third-order valence-corrected chi connectivity index (χ3v) is 5.84. The monoisotopic (exact) mass is 461 g/mol. The number of nitrogens with zero attached hydrogens (tertiary/aromatic N) is 4. The second-order valence-corrected chi connectivity index (χ2v) is 7.88. The Bertz CT molecular complexity index is 1620. The number of hydrogen-bond donors (Lipinski definition) is 1. The largest absolute Gasteiger partial charge is 0.416 e. The third-order valence-electron chi connectivity index (χ3n) is 5.84. The van der Waals surface area contributed by atoms with Crippen LogP contribution in [0.1, 0.15) is 33.5 Å². The number of alkyl halides is 3. The summed E-state index contributed by atoms with van der Waals surface area (Å²) in [7, 11) is 0. The molecule has 3 heterocycles. The number of halogens is 3. The Morgan fingerprint density at radius 3 is 2.62 bits per heavy atom. The van der Waals surface area contributed by atoms with Gasteiger partial charge >= 0.3 is 6.18 Å². The van der Waals surface area contributed by atoms with Crippen LogP contribution in [-0.2, 0) is 6.18 Å². The van der Waals surface area contributed by atoms with Crippen molar-refractivity contribution in [3.63, 3.8) is 0 Å². The van der Waals surface area contributed by atoms with Crippen LogP contribution in [0.2, 0.25) is 0 Å². The zero-order chi connectivity index (χ0) is 24.0. The van der Waals surface area contributed by atoms with Gasteiger partial charge in [-0.15, -0.1) is 0 Å². The lowest BCUT2D eigenvalue weighted by Gasteiger charge is -2.11. The number of aryl methyl sites for hydroxylation is 1. The van der Waals surface area contributed by atoms with Crippen LogP contribution in [0.4, 0.5) is 24.7 Å². The van der Waals surface area contributed by atoms with Crippen molar-refractivity contribution in [1.29, 1.82) is 0 Å². The number of benzene rings is 2. The van der Waals surface area contributed by atoms with Crippen LogP contribution < -0.4 is 5.32 Å². The topological polar surface area (TPSA) is 68.2 Å². The molecule has 5 rings (SSSR count). The second kappa shape index (κ2) is 7.92. The highest BCUT2D eigenvalue weighted by Crippen LogP contribution is 2.36. The van der Waals surface area contributed by atoms with Crippen LogP contribution in [0.3, 0.4) is 0 Å².